The number of rotatable bonds is 1. The molecule has 0 atom stereocenters. The van der Waals surface area contributed by atoms with Crippen LogP contribution in [0.4, 0.5) is 10.1 Å². The van der Waals surface area contributed by atoms with Crippen LogP contribution in [0.15, 0.2) is 24.3 Å². The maximum absolute atomic E-state index is 12.7. The molecule has 1 fully saturated rings. The molecule has 0 radical (unpaired) electrons. The number of hydrogen-bond acceptors (Lipinski definition) is 1. The highest BCUT2D eigenvalue weighted by Crippen LogP contribution is 2.14. The van der Waals surface area contributed by atoms with Crippen molar-refractivity contribution in [3.8, 4) is 0 Å². The van der Waals surface area contributed by atoms with Gasteiger partial charge in [0.15, 0.2) is 0 Å². The van der Waals surface area contributed by atoms with Crippen molar-refractivity contribution in [3.63, 3.8) is 0 Å². The molecule has 1 aromatic carbocycles. The molecule has 2 rings (SSSR count). The maximum atomic E-state index is 12.7. The van der Waals surface area contributed by atoms with Gasteiger partial charge >= 0.3 is 0 Å². The van der Waals surface area contributed by atoms with Gasteiger partial charge in [-0.05, 0) is 24.3 Å². The summed E-state index contributed by atoms with van der Waals surface area (Å²) in [5.74, 6) is -0.171. The van der Waals surface area contributed by atoms with Crippen molar-refractivity contribution in [2.24, 2.45) is 0 Å². The zero-order valence-corrected chi connectivity index (χ0v) is 8.17. The van der Waals surface area contributed by atoms with E-state index >= 15 is 0 Å². The zero-order chi connectivity index (χ0) is 9.97. The van der Waals surface area contributed by atoms with Gasteiger partial charge in [-0.2, -0.15) is 7.05 Å². The fourth-order valence-electron chi connectivity index (χ4n) is 1.73. The van der Waals surface area contributed by atoms with Crippen molar-refractivity contribution in [1.29, 1.82) is 0 Å². The predicted octanol–water partition coefficient (Wildman–Crippen LogP) is 0.322. The van der Waals surface area contributed by atoms with Crippen molar-refractivity contribution in [3.05, 3.63) is 37.1 Å². The summed E-state index contributed by atoms with van der Waals surface area (Å²) in [5.41, 5.74) is 1.11. The monoisotopic (exact) mass is 194 g/mol. The molecule has 76 valence electrons. The molecule has 1 aromatic rings. The molecule has 0 spiro atoms. The van der Waals surface area contributed by atoms with Gasteiger partial charge in [0.05, 0.1) is 26.2 Å². The Balaban J connectivity index is 2.05. The van der Waals surface area contributed by atoms with Gasteiger partial charge in [0, 0.05) is 5.69 Å². The molecule has 14 heavy (non-hydrogen) atoms. The minimum atomic E-state index is -0.171. The van der Waals surface area contributed by atoms with E-state index in [0.717, 1.165) is 31.9 Å². The lowest BCUT2D eigenvalue weighted by atomic mass is 10.2. The van der Waals surface area contributed by atoms with E-state index < -0.39 is 0 Å². The van der Waals surface area contributed by atoms with E-state index in [1.54, 1.807) is 0 Å². The van der Waals surface area contributed by atoms with E-state index in [4.69, 9.17) is 0 Å². The van der Waals surface area contributed by atoms with Gasteiger partial charge in [-0.1, -0.05) is 0 Å². The van der Waals surface area contributed by atoms with Crippen molar-refractivity contribution >= 4 is 5.69 Å². The first-order valence-electron chi connectivity index (χ1n) is 4.93. The number of nitrogens with zero attached hydrogens (tertiary/aromatic N) is 1. The number of piperazine rings is 1. The summed E-state index contributed by atoms with van der Waals surface area (Å²) in [6.45, 7) is 4.11. The Kier molecular flexibility index (Phi) is 2.68. The van der Waals surface area contributed by atoms with Crippen LogP contribution < -0.4 is 9.80 Å². The molecular formula is C11H15FN2. The van der Waals surface area contributed by atoms with Gasteiger partial charge in [0.1, 0.15) is 5.82 Å². The van der Waals surface area contributed by atoms with Crippen LogP contribution in [-0.2, 0) is 0 Å². The summed E-state index contributed by atoms with van der Waals surface area (Å²) >= 11 is 0. The lowest BCUT2D eigenvalue weighted by Gasteiger charge is -2.35. The predicted molar refractivity (Wildman–Crippen MR) is 54.7 cm³/mol. The highest BCUT2D eigenvalue weighted by molar-refractivity contribution is 5.46. The molecule has 1 N–H and O–H groups in total. The van der Waals surface area contributed by atoms with Crippen molar-refractivity contribution in [2.45, 2.75) is 0 Å². The van der Waals surface area contributed by atoms with Crippen molar-refractivity contribution in [1.82, 2.24) is 0 Å². The fraction of sp³-hybridized carbons (Fsp3) is 0.364. The summed E-state index contributed by atoms with van der Waals surface area (Å²) in [5, 5.41) is 0. The van der Waals surface area contributed by atoms with Crippen LogP contribution in [0.5, 0.6) is 0 Å². The number of nitrogens with one attached hydrogen (secondary N) is 1. The zero-order valence-electron chi connectivity index (χ0n) is 8.17. The summed E-state index contributed by atoms with van der Waals surface area (Å²) in [6, 6.07) is 6.70. The Morgan fingerprint density at radius 2 is 1.71 bits per heavy atom. The normalized spacial score (nSPS) is 18.6. The van der Waals surface area contributed by atoms with E-state index in [0.29, 0.717) is 0 Å². The van der Waals surface area contributed by atoms with Gasteiger partial charge in [-0.25, -0.2) is 4.39 Å². The Labute approximate surface area is 83.9 Å². The fourth-order valence-corrected chi connectivity index (χ4v) is 1.73. The number of quaternary nitrogens is 1. The molecular weight excluding hydrogens is 179 g/mol. The molecule has 3 heteroatoms. The van der Waals surface area contributed by atoms with Crippen LogP contribution in [0, 0.1) is 12.9 Å². The first kappa shape index (κ1) is 9.46. The van der Waals surface area contributed by atoms with Crippen LogP contribution in [0.25, 0.3) is 0 Å². The molecule has 1 saturated heterocycles. The van der Waals surface area contributed by atoms with E-state index in [-0.39, 0.29) is 5.82 Å². The molecule has 0 saturated carbocycles. The molecule has 0 aromatic heterocycles. The summed E-state index contributed by atoms with van der Waals surface area (Å²) in [7, 11) is 3.97. The molecule has 0 bridgehead atoms. The Morgan fingerprint density at radius 3 is 2.29 bits per heavy atom. The summed E-state index contributed by atoms with van der Waals surface area (Å²) in [6.07, 6.45) is 0. The van der Waals surface area contributed by atoms with Gasteiger partial charge < -0.3 is 9.80 Å². The highest BCUT2D eigenvalue weighted by Gasteiger charge is 2.13. The average molecular weight is 194 g/mol. The van der Waals surface area contributed by atoms with E-state index in [1.165, 1.54) is 17.0 Å². The van der Waals surface area contributed by atoms with Crippen LogP contribution in [0.3, 0.4) is 0 Å². The van der Waals surface area contributed by atoms with Crippen LogP contribution >= 0.6 is 0 Å². The molecule has 0 unspecified atom stereocenters. The Bertz CT molecular complexity index is 289. The number of halogens is 1. The van der Waals surface area contributed by atoms with Crippen molar-refractivity contribution < 1.29 is 9.29 Å². The van der Waals surface area contributed by atoms with Gasteiger partial charge in [-0.3, -0.25) is 0 Å². The molecule has 1 heterocycles. The quantitative estimate of drug-likeness (QED) is 0.633. The highest BCUT2D eigenvalue weighted by atomic mass is 19.1. The third-order valence-electron chi connectivity index (χ3n) is 2.66. The Morgan fingerprint density at radius 1 is 1.14 bits per heavy atom. The standard InChI is InChI=1S/C11H15FN2/c1-13-6-8-14(9-7-13)11-4-2-10(12)3-5-11/h2-5,13H,1,6-9H2. The topological polar surface area (TPSA) is 7.68 Å². The second kappa shape index (κ2) is 3.96. The largest absolute Gasteiger partial charge is 0.465 e. The first-order valence-corrected chi connectivity index (χ1v) is 4.93. The molecule has 0 amide bonds. The summed E-state index contributed by atoms with van der Waals surface area (Å²) in [4.78, 5) is 3.59. The SMILES string of the molecule is [CH2-][NH+]1CCN(c2ccc(F)cc2)CC1. The Hall–Kier alpha value is -1.09. The minimum Gasteiger partial charge on any atom is -0.465 e. The third-order valence-corrected chi connectivity index (χ3v) is 2.66. The van der Waals surface area contributed by atoms with Crippen LogP contribution in [0.2, 0.25) is 0 Å². The van der Waals surface area contributed by atoms with Gasteiger partial charge in [0.25, 0.3) is 0 Å². The molecule has 2 nitrogen and oxygen atoms in total. The first-order chi connectivity index (χ1) is 6.75. The molecule has 1 aliphatic heterocycles. The van der Waals surface area contributed by atoms with Crippen LogP contribution in [-0.4, -0.2) is 26.2 Å². The second-order valence-corrected chi connectivity index (χ2v) is 3.71. The molecule has 0 aliphatic carbocycles. The lowest BCUT2D eigenvalue weighted by molar-refractivity contribution is -0.854. The van der Waals surface area contributed by atoms with Gasteiger partial charge in [0.2, 0.25) is 0 Å². The van der Waals surface area contributed by atoms with Crippen LogP contribution in [0.1, 0.15) is 0 Å². The second-order valence-electron chi connectivity index (χ2n) is 3.71. The lowest BCUT2D eigenvalue weighted by Crippen LogP contribution is -3.10. The third kappa shape index (κ3) is 2.04. The van der Waals surface area contributed by atoms with E-state index in [9.17, 15) is 4.39 Å². The minimum absolute atomic E-state index is 0.171. The van der Waals surface area contributed by atoms with Crippen molar-refractivity contribution in [2.75, 3.05) is 31.1 Å². The van der Waals surface area contributed by atoms with E-state index in [2.05, 4.69) is 11.9 Å². The smallest absolute Gasteiger partial charge is 0.123 e. The number of hydrogen-bond donors (Lipinski definition) is 1. The van der Waals surface area contributed by atoms with Gasteiger partial charge in [-0.15, -0.1) is 0 Å². The maximum Gasteiger partial charge on any atom is 0.123 e. The molecule has 1 aliphatic rings. The summed E-state index contributed by atoms with van der Waals surface area (Å²) < 4.78 is 12.7. The van der Waals surface area contributed by atoms with E-state index in [1.807, 2.05) is 12.1 Å². The number of benzene rings is 1. The average Bonchev–Trinajstić information content (AvgIpc) is 2.21. The number of anilines is 1.